The van der Waals surface area contributed by atoms with E-state index in [1.807, 2.05) is 11.0 Å². The number of aryl methyl sites for hydroxylation is 2. The van der Waals surface area contributed by atoms with Crippen LogP contribution in [0.4, 0.5) is 0 Å². The molecular formula is C16H22ClNO. The van der Waals surface area contributed by atoms with E-state index in [1.54, 1.807) is 0 Å². The number of carbonyl (C=O) groups excluding carboxylic acids is 1. The molecular weight excluding hydrogens is 258 g/mol. The van der Waals surface area contributed by atoms with Gasteiger partial charge in [-0.25, -0.2) is 0 Å². The summed E-state index contributed by atoms with van der Waals surface area (Å²) in [5.74, 6) is 0.732. The second kappa shape index (κ2) is 6.42. The van der Waals surface area contributed by atoms with E-state index in [1.165, 1.54) is 17.5 Å². The maximum atomic E-state index is 12.6. The van der Waals surface area contributed by atoms with Crippen molar-refractivity contribution in [2.24, 2.45) is 0 Å². The minimum absolute atomic E-state index is 0.134. The number of hydrogen-bond acceptors (Lipinski definition) is 1. The number of nitrogens with zero attached hydrogens (tertiary/aromatic N) is 1. The summed E-state index contributed by atoms with van der Waals surface area (Å²) in [5, 5.41) is 0. The Hall–Kier alpha value is -1.02. The van der Waals surface area contributed by atoms with E-state index in [-0.39, 0.29) is 11.9 Å². The monoisotopic (exact) mass is 279 g/mol. The number of halogens is 1. The zero-order valence-corrected chi connectivity index (χ0v) is 12.5. The Morgan fingerprint density at radius 3 is 2.74 bits per heavy atom. The largest absolute Gasteiger partial charge is 0.336 e. The summed E-state index contributed by atoms with van der Waals surface area (Å²) in [6, 6.07) is 6.39. The highest BCUT2D eigenvalue weighted by Gasteiger charge is 2.20. The summed E-state index contributed by atoms with van der Waals surface area (Å²) in [7, 11) is 0. The zero-order valence-electron chi connectivity index (χ0n) is 11.8. The number of amides is 1. The first-order chi connectivity index (χ1) is 9.13. The normalized spacial score (nSPS) is 13.7. The van der Waals surface area contributed by atoms with Gasteiger partial charge in [0.05, 0.1) is 0 Å². The number of fused-ring (bicyclic) bond motifs is 1. The lowest BCUT2D eigenvalue weighted by Crippen LogP contribution is -2.37. The van der Waals surface area contributed by atoms with Gasteiger partial charge in [0.2, 0.25) is 0 Å². The van der Waals surface area contributed by atoms with Crippen molar-refractivity contribution in [1.29, 1.82) is 0 Å². The van der Waals surface area contributed by atoms with Gasteiger partial charge in [-0.3, -0.25) is 4.79 Å². The van der Waals surface area contributed by atoms with Crippen LogP contribution < -0.4 is 0 Å². The zero-order chi connectivity index (χ0) is 13.8. The van der Waals surface area contributed by atoms with E-state index < -0.39 is 0 Å². The average Bonchev–Trinajstić information content (AvgIpc) is 2.85. The summed E-state index contributed by atoms with van der Waals surface area (Å²) in [6.07, 6.45) is 4.33. The van der Waals surface area contributed by atoms with Gasteiger partial charge < -0.3 is 4.90 Å². The molecule has 19 heavy (non-hydrogen) atoms. The molecule has 0 aliphatic heterocycles. The summed E-state index contributed by atoms with van der Waals surface area (Å²) in [6.45, 7) is 4.84. The standard InChI is InChI=1S/C16H22ClNO/c1-12(2)18(10-4-9-17)16(19)15-8-7-13-5-3-6-14(13)11-15/h7-8,11-12H,3-6,9-10H2,1-2H3. The van der Waals surface area contributed by atoms with Crippen LogP contribution in [0.5, 0.6) is 0 Å². The molecule has 3 heteroatoms. The SMILES string of the molecule is CC(C)N(CCCCl)C(=O)c1ccc2c(c1)CCC2. The van der Waals surface area contributed by atoms with E-state index >= 15 is 0 Å². The average molecular weight is 280 g/mol. The number of benzene rings is 1. The Kier molecular flexibility index (Phi) is 4.87. The molecule has 0 saturated heterocycles. The summed E-state index contributed by atoms with van der Waals surface area (Å²) < 4.78 is 0. The lowest BCUT2D eigenvalue weighted by molar-refractivity contribution is 0.0706. The Balaban J connectivity index is 2.16. The number of carbonyl (C=O) groups is 1. The first kappa shape index (κ1) is 14.4. The molecule has 1 amide bonds. The van der Waals surface area contributed by atoms with Gasteiger partial charge in [0.25, 0.3) is 5.91 Å². The molecule has 0 fully saturated rings. The predicted molar refractivity (Wildman–Crippen MR) is 80.0 cm³/mol. The van der Waals surface area contributed by atoms with Crippen LogP contribution in [0.1, 0.15) is 48.2 Å². The van der Waals surface area contributed by atoms with Crippen molar-refractivity contribution in [2.45, 2.75) is 45.6 Å². The van der Waals surface area contributed by atoms with Gasteiger partial charge in [0.15, 0.2) is 0 Å². The van der Waals surface area contributed by atoms with Crippen LogP contribution in [-0.4, -0.2) is 29.3 Å². The molecule has 0 bridgehead atoms. The van der Waals surface area contributed by atoms with Crippen LogP contribution >= 0.6 is 11.6 Å². The van der Waals surface area contributed by atoms with Crippen LogP contribution in [0, 0.1) is 0 Å². The fourth-order valence-corrected chi connectivity index (χ4v) is 2.81. The molecule has 0 N–H and O–H groups in total. The lowest BCUT2D eigenvalue weighted by atomic mass is 10.0. The molecule has 1 aromatic rings. The maximum absolute atomic E-state index is 12.6. The molecule has 1 aliphatic carbocycles. The third kappa shape index (κ3) is 3.30. The van der Waals surface area contributed by atoms with Gasteiger partial charge in [-0.1, -0.05) is 6.07 Å². The first-order valence-corrected chi connectivity index (χ1v) is 7.65. The van der Waals surface area contributed by atoms with Gasteiger partial charge in [-0.15, -0.1) is 11.6 Å². The van der Waals surface area contributed by atoms with Crippen molar-refractivity contribution in [3.63, 3.8) is 0 Å². The second-order valence-corrected chi connectivity index (χ2v) is 5.85. The third-order valence-corrected chi connectivity index (χ3v) is 4.03. The Bertz CT molecular complexity index is 456. The predicted octanol–water partition coefficient (Wildman–Crippen LogP) is 3.65. The van der Waals surface area contributed by atoms with Crippen molar-refractivity contribution in [2.75, 3.05) is 12.4 Å². The van der Waals surface area contributed by atoms with Gasteiger partial charge in [0.1, 0.15) is 0 Å². The van der Waals surface area contributed by atoms with Crippen LogP contribution in [0.3, 0.4) is 0 Å². The molecule has 1 aromatic carbocycles. The smallest absolute Gasteiger partial charge is 0.254 e. The third-order valence-electron chi connectivity index (χ3n) is 3.76. The number of hydrogen-bond donors (Lipinski definition) is 0. The molecule has 2 nitrogen and oxygen atoms in total. The molecule has 0 spiro atoms. The van der Waals surface area contributed by atoms with E-state index in [0.29, 0.717) is 5.88 Å². The van der Waals surface area contributed by atoms with Crippen molar-refractivity contribution >= 4 is 17.5 Å². The fourth-order valence-electron chi connectivity index (χ4n) is 2.70. The highest BCUT2D eigenvalue weighted by molar-refractivity contribution is 6.17. The summed E-state index contributed by atoms with van der Waals surface area (Å²) in [4.78, 5) is 14.5. The van der Waals surface area contributed by atoms with Crippen LogP contribution in [0.2, 0.25) is 0 Å². The molecule has 0 aromatic heterocycles. The topological polar surface area (TPSA) is 20.3 Å². The fraction of sp³-hybridized carbons (Fsp3) is 0.562. The van der Waals surface area contributed by atoms with Crippen LogP contribution in [0.15, 0.2) is 18.2 Å². The molecule has 0 saturated carbocycles. The summed E-state index contributed by atoms with van der Waals surface area (Å²) in [5.41, 5.74) is 3.59. The number of alkyl halides is 1. The lowest BCUT2D eigenvalue weighted by Gasteiger charge is -2.26. The van der Waals surface area contributed by atoms with Crippen LogP contribution in [0.25, 0.3) is 0 Å². The highest BCUT2D eigenvalue weighted by atomic mass is 35.5. The molecule has 0 heterocycles. The van der Waals surface area contributed by atoms with E-state index in [0.717, 1.165) is 31.4 Å². The van der Waals surface area contributed by atoms with E-state index in [4.69, 9.17) is 11.6 Å². The molecule has 104 valence electrons. The van der Waals surface area contributed by atoms with Crippen molar-refractivity contribution in [3.05, 3.63) is 34.9 Å². The first-order valence-electron chi connectivity index (χ1n) is 7.12. The Labute approximate surface area is 120 Å². The molecule has 0 radical (unpaired) electrons. The van der Waals surface area contributed by atoms with Crippen molar-refractivity contribution in [1.82, 2.24) is 4.90 Å². The van der Waals surface area contributed by atoms with Gasteiger partial charge >= 0.3 is 0 Å². The molecule has 0 unspecified atom stereocenters. The molecule has 0 atom stereocenters. The Morgan fingerprint density at radius 1 is 1.32 bits per heavy atom. The highest BCUT2D eigenvalue weighted by Crippen LogP contribution is 2.23. The molecule has 1 aliphatic rings. The van der Waals surface area contributed by atoms with Crippen LogP contribution in [-0.2, 0) is 12.8 Å². The van der Waals surface area contributed by atoms with Crippen molar-refractivity contribution in [3.8, 4) is 0 Å². The Morgan fingerprint density at radius 2 is 2.05 bits per heavy atom. The maximum Gasteiger partial charge on any atom is 0.254 e. The van der Waals surface area contributed by atoms with Crippen molar-refractivity contribution < 1.29 is 4.79 Å². The van der Waals surface area contributed by atoms with Gasteiger partial charge in [-0.2, -0.15) is 0 Å². The minimum atomic E-state index is 0.134. The summed E-state index contributed by atoms with van der Waals surface area (Å²) >= 11 is 5.74. The van der Waals surface area contributed by atoms with Gasteiger partial charge in [-0.05, 0) is 62.8 Å². The van der Waals surface area contributed by atoms with Gasteiger partial charge in [0, 0.05) is 24.0 Å². The second-order valence-electron chi connectivity index (χ2n) is 5.47. The van der Waals surface area contributed by atoms with E-state index in [9.17, 15) is 4.79 Å². The minimum Gasteiger partial charge on any atom is -0.336 e. The molecule has 2 rings (SSSR count). The quantitative estimate of drug-likeness (QED) is 0.754. The number of rotatable bonds is 5. The van der Waals surface area contributed by atoms with E-state index in [2.05, 4.69) is 26.0 Å².